The minimum absolute atomic E-state index is 0.0229. The minimum Gasteiger partial charge on any atom is -0.516 e. The highest BCUT2D eigenvalue weighted by Crippen LogP contribution is 2.38. The second-order valence-corrected chi connectivity index (χ2v) is 4.68. The Hall–Kier alpha value is -1.97. The molecule has 0 unspecified atom stereocenters. The lowest BCUT2D eigenvalue weighted by molar-refractivity contribution is -0.657. The molecule has 0 fully saturated rings. The molecule has 1 aromatic carbocycles. The van der Waals surface area contributed by atoms with Gasteiger partial charge in [0, 0.05) is 6.82 Å². The van der Waals surface area contributed by atoms with Crippen molar-refractivity contribution in [3.63, 3.8) is 0 Å². The summed E-state index contributed by atoms with van der Waals surface area (Å²) in [4.78, 5) is 2.24. The summed E-state index contributed by atoms with van der Waals surface area (Å²) in [5.41, 5.74) is 2.45. The first kappa shape index (κ1) is 11.1. The van der Waals surface area contributed by atoms with Crippen molar-refractivity contribution < 1.29 is 9.22 Å². The van der Waals surface area contributed by atoms with Gasteiger partial charge in [-0.2, -0.15) is 0 Å². The lowest BCUT2D eigenvalue weighted by atomic mass is 9.84. The Labute approximate surface area is 108 Å². The summed E-state index contributed by atoms with van der Waals surface area (Å²) in [5, 5.41) is 0. The van der Waals surface area contributed by atoms with Gasteiger partial charge < -0.3 is 4.65 Å². The van der Waals surface area contributed by atoms with Crippen molar-refractivity contribution in [2.45, 2.75) is 13.7 Å². The van der Waals surface area contributed by atoms with E-state index in [0.29, 0.717) is 0 Å². The molecule has 2 aromatic rings. The van der Waals surface area contributed by atoms with E-state index in [1.165, 1.54) is 11.3 Å². The molecule has 1 aliphatic rings. The van der Waals surface area contributed by atoms with Crippen molar-refractivity contribution in [1.82, 2.24) is 0 Å². The molecule has 3 nitrogen and oxygen atoms in total. The van der Waals surface area contributed by atoms with Crippen LogP contribution in [0.25, 0.3) is 0 Å². The number of benzene rings is 1. The smallest absolute Gasteiger partial charge is 0.516 e. The maximum atomic E-state index is 5.91. The molecule has 1 aromatic heterocycles. The van der Waals surface area contributed by atoms with E-state index in [1.54, 1.807) is 0 Å². The van der Waals surface area contributed by atoms with Crippen LogP contribution in [-0.2, 0) is 7.05 Å². The Balaban J connectivity index is 2.18. The minimum atomic E-state index is 0.0229. The van der Waals surface area contributed by atoms with Gasteiger partial charge in [-0.15, -0.1) is 0 Å². The third-order valence-corrected chi connectivity index (χ3v) is 3.38. The molecule has 2 heterocycles. The van der Waals surface area contributed by atoms with Gasteiger partial charge >= 0.3 is 12.9 Å². The Morgan fingerprint density at radius 3 is 2.72 bits per heavy atom. The van der Waals surface area contributed by atoms with Gasteiger partial charge in [0.1, 0.15) is 5.69 Å². The van der Waals surface area contributed by atoms with Crippen molar-refractivity contribution in [2.24, 2.45) is 7.05 Å². The van der Waals surface area contributed by atoms with Gasteiger partial charge in [-0.1, -0.05) is 18.2 Å². The number of hydrogen-bond acceptors (Lipinski definition) is 2. The number of aromatic nitrogens is 1. The van der Waals surface area contributed by atoms with E-state index >= 15 is 0 Å². The van der Waals surface area contributed by atoms with E-state index in [0.717, 1.165) is 11.6 Å². The summed E-state index contributed by atoms with van der Waals surface area (Å²) < 4.78 is 8.02. The van der Waals surface area contributed by atoms with Crippen molar-refractivity contribution >= 4 is 18.6 Å². The van der Waals surface area contributed by atoms with Gasteiger partial charge in [-0.05, 0) is 30.7 Å². The van der Waals surface area contributed by atoms with Crippen molar-refractivity contribution in [2.75, 3.05) is 4.81 Å². The summed E-state index contributed by atoms with van der Waals surface area (Å²) in [5.74, 6) is 2.05. The number of para-hydroxylation sites is 1. The Morgan fingerprint density at radius 1 is 1.17 bits per heavy atom. The zero-order valence-corrected chi connectivity index (χ0v) is 10.9. The summed E-state index contributed by atoms with van der Waals surface area (Å²) in [6, 6.07) is 12.4. The van der Waals surface area contributed by atoms with E-state index in [2.05, 4.69) is 47.4 Å². The molecule has 0 bridgehead atoms. The lowest BCUT2D eigenvalue weighted by Gasteiger charge is -2.15. The topological polar surface area (TPSA) is 16.4 Å². The molecule has 0 N–H and O–H groups in total. The Morgan fingerprint density at radius 2 is 1.94 bits per heavy atom. The zero-order valence-electron chi connectivity index (χ0n) is 10.9. The molecule has 0 atom stereocenters. The van der Waals surface area contributed by atoms with Gasteiger partial charge in [-0.25, -0.2) is 9.38 Å². The predicted octanol–water partition coefficient (Wildman–Crippen LogP) is 2.47. The first-order valence-corrected chi connectivity index (χ1v) is 6.18. The van der Waals surface area contributed by atoms with E-state index in [1.807, 2.05) is 25.4 Å². The Bertz CT molecular complexity index is 600. The summed E-state index contributed by atoms with van der Waals surface area (Å²) in [7, 11) is 2.07. The molecule has 3 rings (SSSR count). The van der Waals surface area contributed by atoms with Gasteiger partial charge in [-0.3, -0.25) is 0 Å². The monoisotopic (exact) mass is 239 g/mol. The highest BCUT2D eigenvalue weighted by Gasteiger charge is 2.44. The molecular weight excluding hydrogens is 223 g/mol. The first-order valence-electron chi connectivity index (χ1n) is 6.18. The number of nitrogens with zero attached hydrogens (tertiary/aromatic N) is 2. The average molecular weight is 239 g/mol. The summed E-state index contributed by atoms with van der Waals surface area (Å²) >= 11 is 0. The van der Waals surface area contributed by atoms with Crippen LogP contribution in [0.4, 0.5) is 11.5 Å². The van der Waals surface area contributed by atoms with Crippen molar-refractivity contribution in [3.8, 4) is 5.75 Å². The number of pyridine rings is 1. The summed E-state index contributed by atoms with van der Waals surface area (Å²) in [6.45, 7) is 4.20. The third-order valence-electron chi connectivity index (χ3n) is 3.38. The molecular formula is C14H16BN2O+. The molecule has 0 saturated carbocycles. The van der Waals surface area contributed by atoms with E-state index in [9.17, 15) is 0 Å². The summed E-state index contributed by atoms with van der Waals surface area (Å²) in [6.07, 6.45) is 2.05. The van der Waals surface area contributed by atoms with Gasteiger partial charge in [0.05, 0.1) is 13.2 Å². The third kappa shape index (κ3) is 1.57. The van der Waals surface area contributed by atoms with Crippen LogP contribution in [0.2, 0.25) is 6.82 Å². The van der Waals surface area contributed by atoms with Gasteiger partial charge in [0.15, 0.2) is 5.75 Å². The molecule has 0 saturated heterocycles. The van der Waals surface area contributed by atoms with Crippen LogP contribution >= 0.6 is 0 Å². The Kier molecular flexibility index (Phi) is 2.51. The molecule has 0 radical (unpaired) electrons. The number of fused-ring (bicyclic) bond motifs is 1. The molecule has 1 aliphatic heterocycles. The van der Waals surface area contributed by atoms with Gasteiger partial charge in [0.25, 0.3) is 0 Å². The molecule has 18 heavy (non-hydrogen) atoms. The highest BCUT2D eigenvalue weighted by atomic mass is 16.5. The van der Waals surface area contributed by atoms with Crippen LogP contribution in [0.5, 0.6) is 5.75 Å². The van der Waals surface area contributed by atoms with E-state index in [4.69, 9.17) is 4.65 Å². The average Bonchev–Trinajstić information content (AvgIpc) is 2.68. The maximum absolute atomic E-state index is 5.91. The van der Waals surface area contributed by atoms with Gasteiger partial charge in [0.2, 0.25) is 0 Å². The van der Waals surface area contributed by atoms with Crippen LogP contribution in [0, 0.1) is 6.92 Å². The predicted molar refractivity (Wildman–Crippen MR) is 73.2 cm³/mol. The second kappa shape index (κ2) is 4.05. The highest BCUT2D eigenvalue weighted by molar-refractivity contribution is 6.59. The van der Waals surface area contributed by atoms with Crippen molar-refractivity contribution in [3.05, 3.63) is 48.2 Å². The number of aryl methyl sites for hydroxylation is 2. The van der Waals surface area contributed by atoms with Crippen LogP contribution in [0.15, 0.2) is 42.6 Å². The number of rotatable bonds is 1. The second-order valence-electron chi connectivity index (χ2n) is 4.68. The normalized spacial score (nSPS) is 13.5. The van der Waals surface area contributed by atoms with Crippen molar-refractivity contribution in [1.29, 1.82) is 0 Å². The molecule has 0 aliphatic carbocycles. The zero-order chi connectivity index (χ0) is 12.7. The van der Waals surface area contributed by atoms with E-state index < -0.39 is 0 Å². The molecule has 90 valence electrons. The van der Waals surface area contributed by atoms with Crippen LogP contribution in [-0.4, -0.2) is 7.05 Å². The van der Waals surface area contributed by atoms with Crippen LogP contribution in [0.3, 0.4) is 0 Å². The molecule has 4 heteroatoms. The maximum Gasteiger partial charge on any atom is 0.607 e. The van der Waals surface area contributed by atoms with E-state index in [-0.39, 0.29) is 7.05 Å². The fourth-order valence-corrected chi connectivity index (χ4v) is 2.51. The number of hydrogen-bond donors (Lipinski definition) is 0. The fourth-order valence-electron chi connectivity index (χ4n) is 2.51. The standard InChI is InChI=1S/C14H16BN2O/c1-11-7-4-5-8-12(11)17-14-13(18-15(17)2)9-6-10-16(14)3/h4-10H,1-3H3/q+1. The quantitative estimate of drug-likeness (QED) is 0.561. The number of anilines is 2. The first-order chi connectivity index (χ1) is 8.68. The van der Waals surface area contributed by atoms with Crippen LogP contribution in [0.1, 0.15) is 5.56 Å². The SMILES string of the molecule is CB1Oc2ccc[n+](C)c2N1c1ccccc1C. The van der Waals surface area contributed by atoms with Crippen LogP contribution < -0.4 is 14.0 Å². The molecule has 0 spiro atoms. The largest absolute Gasteiger partial charge is 0.607 e. The lowest BCUT2D eigenvalue weighted by Crippen LogP contribution is -2.40. The molecule has 0 amide bonds. The fraction of sp³-hybridized carbons (Fsp3) is 0.214.